The van der Waals surface area contributed by atoms with Crippen molar-refractivity contribution in [2.45, 2.75) is 38.8 Å². The van der Waals surface area contributed by atoms with Crippen molar-refractivity contribution in [1.82, 2.24) is 14.9 Å². The maximum atomic E-state index is 12.7. The average molecular weight is 447 g/mol. The van der Waals surface area contributed by atoms with E-state index >= 15 is 0 Å². The normalized spacial score (nSPS) is 16.3. The van der Waals surface area contributed by atoms with E-state index in [2.05, 4.69) is 21.3 Å². The number of anilines is 1. The van der Waals surface area contributed by atoms with Crippen molar-refractivity contribution in [3.8, 4) is 11.5 Å². The molecule has 7 nitrogen and oxygen atoms in total. The van der Waals surface area contributed by atoms with Gasteiger partial charge < -0.3 is 14.8 Å². The molecule has 0 bridgehead atoms. The van der Waals surface area contributed by atoms with Crippen LogP contribution >= 0.6 is 0 Å². The molecule has 2 heterocycles. The number of aromatic nitrogens is 2. The molecule has 4 rings (SSSR count). The number of hydrogen-bond donors (Lipinski definition) is 1. The van der Waals surface area contributed by atoms with Gasteiger partial charge in [0, 0.05) is 18.4 Å². The van der Waals surface area contributed by atoms with Crippen molar-refractivity contribution in [2.24, 2.45) is 0 Å². The molecule has 1 saturated heterocycles. The van der Waals surface area contributed by atoms with Crippen molar-refractivity contribution in [1.29, 1.82) is 0 Å². The van der Waals surface area contributed by atoms with Gasteiger partial charge in [-0.1, -0.05) is 30.7 Å². The van der Waals surface area contributed by atoms with Crippen LogP contribution in [0.15, 0.2) is 54.7 Å². The summed E-state index contributed by atoms with van der Waals surface area (Å²) in [6.07, 6.45) is 4.91. The summed E-state index contributed by atoms with van der Waals surface area (Å²) in [7, 11) is 3.29. The first-order valence-corrected chi connectivity index (χ1v) is 11.2. The number of aryl methyl sites for hydroxylation is 1. The van der Waals surface area contributed by atoms with Gasteiger partial charge in [0.15, 0.2) is 11.5 Å². The molecule has 1 amide bonds. The number of hydrogen-bond acceptors (Lipinski definition) is 6. The van der Waals surface area contributed by atoms with Crippen LogP contribution in [0.2, 0.25) is 0 Å². The number of amides is 1. The van der Waals surface area contributed by atoms with Gasteiger partial charge >= 0.3 is 0 Å². The van der Waals surface area contributed by atoms with Gasteiger partial charge in [-0.2, -0.15) is 0 Å². The molecule has 0 unspecified atom stereocenters. The highest BCUT2D eigenvalue weighted by molar-refractivity contribution is 6.04. The van der Waals surface area contributed by atoms with Crippen LogP contribution in [0.25, 0.3) is 0 Å². The highest BCUT2D eigenvalue weighted by atomic mass is 16.5. The molecule has 0 saturated carbocycles. The van der Waals surface area contributed by atoms with Crippen LogP contribution in [-0.4, -0.2) is 41.5 Å². The van der Waals surface area contributed by atoms with Gasteiger partial charge in [-0.05, 0) is 56.1 Å². The van der Waals surface area contributed by atoms with E-state index in [1.54, 1.807) is 20.4 Å². The molecule has 3 aromatic rings. The van der Waals surface area contributed by atoms with E-state index in [0.717, 1.165) is 60.9 Å². The molecule has 1 fully saturated rings. The van der Waals surface area contributed by atoms with Gasteiger partial charge in [0.05, 0.1) is 31.5 Å². The van der Waals surface area contributed by atoms with Crippen LogP contribution in [0.4, 0.5) is 5.69 Å². The Morgan fingerprint density at radius 2 is 1.88 bits per heavy atom. The Bertz CT molecular complexity index is 1100. The third-order valence-corrected chi connectivity index (χ3v) is 6.02. The summed E-state index contributed by atoms with van der Waals surface area (Å²) < 4.78 is 10.8. The number of rotatable bonds is 7. The Morgan fingerprint density at radius 1 is 1.09 bits per heavy atom. The Labute approximate surface area is 194 Å². The predicted octanol–water partition coefficient (Wildman–Crippen LogP) is 4.78. The molecular weight excluding hydrogens is 416 g/mol. The molecule has 172 valence electrons. The van der Waals surface area contributed by atoms with Crippen LogP contribution in [0.3, 0.4) is 0 Å². The van der Waals surface area contributed by atoms with Gasteiger partial charge in [-0.3, -0.25) is 9.69 Å². The second kappa shape index (κ2) is 10.4. The first kappa shape index (κ1) is 22.7. The number of nitrogens with zero attached hydrogens (tertiary/aromatic N) is 3. The van der Waals surface area contributed by atoms with Crippen LogP contribution in [0, 0.1) is 6.92 Å². The summed E-state index contributed by atoms with van der Waals surface area (Å²) in [5.41, 5.74) is 3.07. The van der Waals surface area contributed by atoms with Gasteiger partial charge in [-0.15, -0.1) is 0 Å². The maximum absolute atomic E-state index is 12.7. The number of piperidine rings is 1. The predicted molar refractivity (Wildman–Crippen MR) is 128 cm³/mol. The molecule has 1 atom stereocenters. The second-order valence-electron chi connectivity index (χ2n) is 8.22. The minimum absolute atomic E-state index is 0.108. The number of methoxy groups -OCH3 is 2. The average Bonchev–Trinajstić information content (AvgIpc) is 2.84. The van der Waals surface area contributed by atoms with Gasteiger partial charge in [0.2, 0.25) is 0 Å². The highest BCUT2D eigenvalue weighted by Crippen LogP contribution is 2.33. The van der Waals surface area contributed by atoms with E-state index in [1.165, 1.54) is 0 Å². The van der Waals surface area contributed by atoms with E-state index in [0.29, 0.717) is 11.3 Å². The minimum Gasteiger partial charge on any atom is -0.493 e. The molecular formula is C26H30N4O3. The summed E-state index contributed by atoms with van der Waals surface area (Å²) in [6, 6.07) is 15.5. The molecule has 0 radical (unpaired) electrons. The fourth-order valence-electron chi connectivity index (χ4n) is 4.27. The van der Waals surface area contributed by atoms with E-state index < -0.39 is 0 Å². The number of benzene rings is 2. The Morgan fingerprint density at radius 3 is 2.61 bits per heavy atom. The number of ether oxygens (including phenoxy) is 2. The van der Waals surface area contributed by atoms with Crippen LogP contribution in [-0.2, 0) is 6.54 Å². The smallest absolute Gasteiger partial charge is 0.259 e. The van der Waals surface area contributed by atoms with E-state index in [9.17, 15) is 4.79 Å². The molecule has 0 aliphatic carbocycles. The molecule has 33 heavy (non-hydrogen) atoms. The van der Waals surface area contributed by atoms with Crippen molar-refractivity contribution in [3.63, 3.8) is 0 Å². The molecule has 2 aromatic carbocycles. The molecule has 1 aliphatic rings. The molecule has 1 aliphatic heterocycles. The standard InChI is InChI=1S/C26H30N4O3/c1-18-21(26(31)29-20-9-5-4-6-10-20)16-27-25(28-18)22-11-7-8-14-30(22)17-19-12-13-23(32-2)24(15-19)33-3/h4-6,9-10,12-13,15-16,22H,7-8,11,14,17H2,1-3H3,(H,29,31)/t22-/m1/s1. The second-order valence-corrected chi connectivity index (χ2v) is 8.22. The fraction of sp³-hybridized carbons (Fsp3) is 0.346. The lowest BCUT2D eigenvalue weighted by atomic mass is 10.00. The highest BCUT2D eigenvalue weighted by Gasteiger charge is 2.27. The number of carbonyl (C=O) groups is 1. The maximum Gasteiger partial charge on any atom is 0.259 e. The van der Waals surface area contributed by atoms with E-state index in [-0.39, 0.29) is 11.9 Å². The van der Waals surface area contributed by atoms with Crippen molar-refractivity contribution >= 4 is 11.6 Å². The summed E-state index contributed by atoms with van der Waals surface area (Å²) in [6.45, 7) is 3.61. The fourth-order valence-corrected chi connectivity index (χ4v) is 4.27. The Balaban J connectivity index is 1.52. The number of likely N-dealkylation sites (tertiary alicyclic amines) is 1. The summed E-state index contributed by atoms with van der Waals surface area (Å²) >= 11 is 0. The SMILES string of the molecule is COc1ccc(CN2CCCC[C@@H]2c2ncc(C(=O)Nc3ccccc3)c(C)n2)cc1OC. The monoisotopic (exact) mass is 446 g/mol. The lowest BCUT2D eigenvalue weighted by Crippen LogP contribution is -2.34. The molecule has 1 aromatic heterocycles. The molecule has 7 heteroatoms. The Kier molecular flexibility index (Phi) is 7.19. The summed E-state index contributed by atoms with van der Waals surface area (Å²) in [5.74, 6) is 2.02. The molecule has 0 spiro atoms. The van der Waals surface area contributed by atoms with E-state index in [4.69, 9.17) is 14.5 Å². The zero-order chi connectivity index (χ0) is 23.2. The summed E-state index contributed by atoms with van der Waals surface area (Å²) in [4.78, 5) is 24.5. The van der Waals surface area contributed by atoms with Gasteiger partial charge in [-0.25, -0.2) is 9.97 Å². The van der Waals surface area contributed by atoms with Gasteiger partial charge in [0.1, 0.15) is 5.82 Å². The zero-order valence-electron chi connectivity index (χ0n) is 19.4. The first-order chi connectivity index (χ1) is 16.1. The topological polar surface area (TPSA) is 76.6 Å². The van der Waals surface area contributed by atoms with Crippen LogP contribution in [0.5, 0.6) is 11.5 Å². The third kappa shape index (κ3) is 5.31. The lowest BCUT2D eigenvalue weighted by molar-refractivity contribution is 0.102. The third-order valence-electron chi connectivity index (χ3n) is 6.02. The number of carbonyl (C=O) groups excluding carboxylic acids is 1. The zero-order valence-corrected chi connectivity index (χ0v) is 19.4. The first-order valence-electron chi connectivity index (χ1n) is 11.2. The molecule has 1 N–H and O–H groups in total. The van der Waals surface area contributed by atoms with Crippen molar-refractivity contribution in [3.05, 3.63) is 77.4 Å². The minimum atomic E-state index is -0.198. The summed E-state index contributed by atoms with van der Waals surface area (Å²) in [5, 5.41) is 2.91. The van der Waals surface area contributed by atoms with Crippen molar-refractivity contribution in [2.75, 3.05) is 26.1 Å². The van der Waals surface area contributed by atoms with Gasteiger partial charge in [0.25, 0.3) is 5.91 Å². The largest absolute Gasteiger partial charge is 0.493 e. The quantitative estimate of drug-likeness (QED) is 0.563. The van der Waals surface area contributed by atoms with Crippen molar-refractivity contribution < 1.29 is 14.3 Å². The van der Waals surface area contributed by atoms with E-state index in [1.807, 2.05) is 49.4 Å². The number of para-hydroxylation sites is 1. The Hall–Kier alpha value is -3.45. The number of nitrogens with one attached hydrogen (secondary N) is 1. The van der Waals surface area contributed by atoms with Crippen LogP contribution in [0.1, 0.15) is 52.7 Å². The lowest BCUT2D eigenvalue weighted by Gasteiger charge is -2.35. The van der Waals surface area contributed by atoms with Crippen LogP contribution < -0.4 is 14.8 Å².